The van der Waals surface area contributed by atoms with Gasteiger partial charge in [-0.1, -0.05) is 36.4 Å². The van der Waals surface area contributed by atoms with Gasteiger partial charge >= 0.3 is 0 Å². The zero-order valence-electron chi connectivity index (χ0n) is 14.3. The molecule has 25 heavy (non-hydrogen) atoms. The van der Waals surface area contributed by atoms with E-state index >= 15 is 0 Å². The lowest BCUT2D eigenvalue weighted by molar-refractivity contribution is 0.891. The molecule has 0 spiro atoms. The minimum atomic E-state index is -0.344. The molecule has 2 aromatic carbocycles. The molecule has 5 heteroatoms. The van der Waals surface area contributed by atoms with E-state index in [1.54, 1.807) is 0 Å². The van der Waals surface area contributed by atoms with Gasteiger partial charge in [-0.25, -0.2) is 4.98 Å². The Kier molecular flexibility index (Phi) is 4.73. The predicted octanol–water partition coefficient (Wildman–Crippen LogP) is 4.11. The van der Waals surface area contributed by atoms with E-state index in [1.807, 2.05) is 74.7 Å². The van der Waals surface area contributed by atoms with Crippen molar-refractivity contribution in [3.8, 4) is 23.1 Å². The summed E-state index contributed by atoms with van der Waals surface area (Å²) in [6.07, 6.45) is 1.82. The molecule has 0 bridgehead atoms. The first-order valence-electron chi connectivity index (χ1n) is 7.81. The lowest BCUT2D eigenvalue weighted by Crippen LogP contribution is -2.25. The van der Waals surface area contributed by atoms with Crippen molar-refractivity contribution in [2.75, 3.05) is 6.26 Å². The average molecular weight is 347 g/mol. The third-order valence-electron chi connectivity index (χ3n) is 4.14. The zero-order chi connectivity index (χ0) is 18.0. The van der Waals surface area contributed by atoms with Gasteiger partial charge in [0.05, 0.1) is 5.69 Å². The van der Waals surface area contributed by atoms with Crippen LogP contribution in [-0.4, -0.2) is 15.8 Å². The summed E-state index contributed by atoms with van der Waals surface area (Å²) in [6.45, 7) is 4.02. The maximum Gasteiger partial charge on any atom is 0.277 e. The van der Waals surface area contributed by atoms with Crippen LogP contribution in [0.4, 0.5) is 0 Å². The maximum atomic E-state index is 13.1. The summed E-state index contributed by atoms with van der Waals surface area (Å²) in [4.78, 5) is 17.7. The number of nitrogens with zero attached hydrogens (tertiary/aromatic N) is 3. The van der Waals surface area contributed by atoms with Gasteiger partial charge in [0, 0.05) is 5.56 Å². The van der Waals surface area contributed by atoms with Gasteiger partial charge in [-0.2, -0.15) is 5.26 Å². The van der Waals surface area contributed by atoms with Crippen molar-refractivity contribution in [1.29, 1.82) is 5.26 Å². The highest BCUT2D eigenvalue weighted by Gasteiger charge is 2.18. The Morgan fingerprint density at radius 3 is 2.40 bits per heavy atom. The molecule has 0 fully saturated rings. The van der Waals surface area contributed by atoms with E-state index < -0.39 is 0 Å². The molecule has 3 rings (SSSR count). The second-order valence-electron chi connectivity index (χ2n) is 5.71. The lowest BCUT2D eigenvalue weighted by Gasteiger charge is -2.15. The van der Waals surface area contributed by atoms with Crippen LogP contribution in [0, 0.1) is 25.2 Å². The SMILES string of the molecule is CSc1nc(-c2ccccc2)n(-c2ccc(C)c(C)c2)c(=O)c1C#N. The second-order valence-corrected chi connectivity index (χ2v) is 6.50. The molecule has 4 nitrogen and oxygen atoms in total. The Balaban J connectivity index is 2.41. The molecule has 0 radical (unpaired) electrons. The summed E-state index contributed by atoms with van der Waals surface area (Å²) in [7, 11) is 0. The number of aromatic nitrogens is 2. The largest absolute Gasteiger partial charge is 0.277 e. The number of thioether (sulfide) groups is 1. The monoisotopic (exact) mass is 347 g/mol. The number of aryl methyl sites for hydroxylation is 2. The van der Waals surface area contributed by atoms with Crippen LogP contribution in [0.15, 0.2) is 58.4 Å². The molecule has 0 saturated carbocycles. The van der Waals surface area contributed by atoms with E-state index in [1.165, 1.54) is 16.3 Å². The molecule has 1 heterocycles. The number of rotatable bonds is 3. The minimum Gasteiger partial charge on any atom is -0.267 e. The van der Waals surface area contributed by atoms with Crippen molar-refractivity contribution < 1.29 is 0 Å². The Hall–Kier alpha value is -2.84. The van der Waals surface area contributed by atoms with Crippen LogP contribution < -0.4 is 5.56 Å². The maximum absolute atomic E-state index is 13.1. The highest BCUT2D eigenvalue weighted by Crippen LogP contribution is 2.25. The molecule has 1 aromatic heterocycles. The molecule has 0 atom stereocenters. The Labute approximate surface area is 150 Å². The zero-order valence-corrected chi connectivity index (χ0v) is 15.1. The van der Waals surface area contributed by atoms with Gasteiger partial charge in [-0.05, 0) is 43.4 Å². The highest BCUT2D eigenvalue weighted by molar-refractivity contribution is 7.98. The quantitative estimate of drug-likeness (QED) is 0.528. The van der Waals surface area contributed by atoms with Crippen molar-refractivity contribution in [1.82, 2.24) is 9.55 Å². The van der Waals surface area contributed by atoms with E-state index in [4.69, 9.17) is 0 Å². The number of benzene rings is 2. The van der Waals surface area contributed by atoms with E-state index in [2.05, 4.69) is 4.98 Å². The molecule has 0 unspecified atom stereocenters. The first-order chi connectivity index (χ1) is 12.1. The van der Waals surface area contributed by atoms with E-state index in [9.17, 15) is 10.1 Å². The van der Waals surface area contributed by atoms with E-state index in [0.717, 1.165) is 16.7 Å². The van der Waals surface area contributed by atoms with Gasteiger partial charge in [0.2, 0.25) is 0 Å². The van der Waals surface area contributed by atoms with Gasteiger partial charge in [0.1, 0.15) is 22.5 Å². The van der Waals surface area contributed by atoms with E-state index in [0.29, 0.717) is 16.5 Å². The highest BCUT2D eigenvalue weighted by atomic mass is 32.2. The molecule has 0 amide bonds. The van der Waals surface area contributed by atoms with Crippen molar-refractivity contribution in [2.45, 2.75) is 18.9 Å². The molecule has 0 aliphatic heterocycles. The Bertz CT molecular complexity index is 1030. The predicted molar refractivity (Wildman–Crippen MR) is 101 cm³/mol. The third-order valence-corrected chi connectivity index (χ3v) is 4.82. The lowest BCUT2D eigenvalue weighted by atomic mass is 10.1. The van der Waals surface area contributed by atoms with Gasteiger partial charge in [-0.3, -0.25) is 9.36 Å². The van der Waals surface area contributed by atoms with Gasteiger partial charge in [0.15, 0.2) is 0 Å². The first kappa shape index (κ1) is 17.0. The van der Waals surface area contributed by atoms with Crippen LogP contribution in [0.3, 0.4) is 0 Å². The van der Waals surface area contributed by atoms with E-state index in [-0.39, 0.29) is 11.1 Å². The summed E-state index contributed by atoms with van der Waals surface area (Å²) in [5.41, 5.74) is 3.50. The van der Waals surface area contributed by atoms with Crippen molar-refractivity contribution in [3.63, 3.8) is 0 Å². The first-order valence-corrected chi connectivity index (χ1v) is 9.03. The summed E-state index contributed by atoms with van der Waals surface area (Å²) in [6, 6.07) is 17.4. The van der Waals surface area contributed by atoms with Crippen LogP contribution in [0.1, 0.15) is 16.7 Å². The topological polar surface area (TPSA) is 58.7 Å². The minimum absolute atomic E-state index is 0.0745. The molecule has 0 aliphatic carbocycles. The fourth-order valence-electron chi connectivity index (χ4n) is 2.63. The fourth-order valence-corrected chi connectivity index (χ4v) is 3.14. The van der Waals surface area contributed by atoms with Crippen molar-refractivity contribution in [2.24, 2.45) is 0 Å². The Morgan fingerprint density at radius 2 is 1.80 bits per heavy atom. The van der Waals surface area contributed by atoms with Crippen molar-refractivity contribution in [3.05, 3.63) is 75.6 Å². The summed E-state index contributed by atoms with van der Waals surface area (Å²) < 4.78 is 1.53. The number of nitriles is 1. The average Bonchev–Trinajstić information content (AvgIpc) is 2.64. The van der Waals surface area contributed by atoms with Crippen LogP contribution in [0.5, 0.6) is 0 Å². The summed E-state index contributed by atoms with van der Waals surface area (Å²) in [5.74, 6) is 0.539. The molecule has 0 N–H and O–H groups in total. The summed E-state index contributed by atoms with van der Waals surface area (Å²) in [5, 5.41) is 9.90. The normalized spacial score (nSPS) is 10.5. The molecular weight excluding hydrogens is 330 g/mol. The second kappa shape index (κ2) is 6.96. The third kappa shape index (κ3) is 3.09. The molecule has 124 valence electrons. The van der Waals surface area contributed by atoms with Crippen LogP contribution in [0.2, 0.25) is 0 Å². The summed E-state index contributed by atoms with van der Waals surface area (Å²) >= 11 is 1.31. The van der Waals surface area contributed by atoms with Gasteiger partial charge in [-0.15, -0.1) is 11.8 Å². The number of hydrogen-bond donors (Lipinski definition) is 0. The van der Waals surface area contributed by atoms with Crippen LogP contribution in [-0.2, 0) is 0 Å². The molecular formula is C20H17N3OS. The molecule has 3 aromatic rings. The Morgan fingerprint density at radius 1 is 1.08 bits per heavy atom. The van der Waals surface area contributed by atoms with Crippen molar-refractivity contribution >= 4 is 11.8 Å². The standard InChI is InChI=1S/C20H17N3OS/c1-13-9-10-16(11-14(13)2)23-18(15-7-5-4-6-8-15)22-19(25-3)17(12-21)20(23)24/h4-11H,1-3H3. The van der Waals surface area contributed by atoms with Gasteiger partial charge in [0.25, 0.3) is 5.56 Å². The smallest absolute Gasteiger partial charge is 0.267 e. The van der Waals surface area contributed by atoms with Crippen LogP contribution in [0.25, 0.3) is 17.1 Å². The van der Waals surface area contributed by atoms with Gasteiger partial charge < -0.3 is 0 Å². The molecule has 0 saturated heterocycles. The fraction of sp³-hybridized carbons (Fsp3) is 0.150. The molecule has 0 aliphatic rings. The van der Waals surface area contributed by atoms with Crippen LogP contribution >= 0.6 is 11.8 Å². The number of hydrogen-bond acceptors (Lipinski definition) is 4.